The summed E-state index contributed by atoms with van der Waals surface area (Å²) in [6.07, 6.45) is 4.04. The molecule has 2 aromatic carbocycles. The summed E-state index contributed by atoms with van der Waals surface area (Å²) < 4.78 is 49.0. The van der Waals surface area contributed by atoms with Crippen molar-refractivity contribution in [2.45, 2.75) is 26.4 Å². The Kier molecular flexibility index (Phi) is 8.13. The van der Waals surface area contributed by atoms with Crippen LogP contribution in [0.25, 0.3) is 16.6 Å². The summed E-state index contributed by atoms with van der Waals surface area (Å²) in [6, 6.07) is 17.5. The Balaban J connectivity index is 1.31. The molecule has 13 heteroatoms. The number of benzene rings is 2. The highest BCUT2D eigenvalue weighted by molar-refractivity contribution is 7.85. The number of ether oxygens (including phenoxy) is 1. The molecule has 3 aromatic heterocycles. The lowest BCUT2D eigenvalue weighted by Crippen LogP contribution is -2.22. The molecule has 3 heterocycles. The van der Waals surface area contributed by atoms with Crippen LogP contribution in [0.1, 0.15) is 31.2 Å². The number of hydrogen-bond acceptors (Lipinski definition) is 8. The van der Waals surface area contributed by atoms with Gasteiger partial charge in [-0.2, -0.15) is 13.5 Å². The van der Waals surface area contributed by atoms with Crippen LogP contribution in [0.15, 0.2) is 79.1 Å². The van der Waals surface area contributed by atoms with Crippen molar-refractivity contribution in [3.05, 3.63) is 96.3 Å². The smallest absolute Gasteiger partial charge is 0.324 e. The molecular weight excluding hydrogens is 563 g/mol. The molecule has 0 bridgehead atoms. The standard InChI is InChI=1S/C29H27FN6O5S/c1-18(2)26-15-28(36(35-26)21-7-11-25-19(13-21)5-4-12-31-25)34-29(37)33-27-14-22(9-10-24(27)30)41-23-8-6-20(32-16-23)17-40-42(3,38)39/h4-16,18H,17H2,1-3H3,(H2,33,34,37). The second-order valence-electron chi connectivity index (χ2n) is 9.68. The molecule has 0 unspecified atom stereocenters. The second kappa shape index (κ2) is 11.9. The Morgan fingerprint density at radius 2 is 1.81 bits per heavy atom. The third-order valence-electron chi connectivity index (χ3n) is 6.03. The monoisotopic (exact) mass is 590 g/mol. The molecule has 0 saturated heterocycles. The van der Waals surface area contributed by atoms with Crippen molar-refractivity contribution in [3.63, 3.8) is 0 Å². The largest absolute Gasteiger partial charge is 0.456 e. The van der Waals surface area contributed by atoms with Crippen LogP contribution in [-0.4, -0.2) is 40.5 Å². The fraction of sp³-hybridized carbons (Fsp3) is 0.172. The Morgan fingerprint density at radius 3 is 2.55 bits per heavy atom. The molecule has 2 N–H and O–H groups in total. The van der Waals surface area contributed by atoms with Crippen molar-refractivity contribution in [1.29, 1.82) is 0 Å². The number of pyridine rings is 2. The number of hydrogen-bond donors (Lipinski definition) is 2. The molecule has 0 atom stereocenters. The first-order valence-electron chi connectivity index (χ1n) is 12.8. The highest BCUT2D eigenvalue weighted by Gasteiger charge is 2.16. The molecule has 42 heavy (non-hydrogen) atoms. The van der Waals surface area contributed by atoms with Gasteiger partial charge in [0.2, 0.25) is 0 Å². The highest BCUT2D eigenvalue weighted by Crippen LogP contribution is 2.28. The molecule has 216 valence electrons. The Labute approximate surface area is 241 Å². The summed E-state index contributed by atoms with van der Waals surface area (Å²) in [6.45, 7) is 3.77. The number of amides is 2. The van der Waals surface area contributed by atoms with Gasteiger partial charge in [-0.15, -0.1) is 0 Å². The minimum atomic E-state index is -3.60. The topological polar surface area (TPSA) is 137 Å². The average Bonchev–Trinajstić information content (AvgIpc) is 3.38. The van der Waals surface area contributed by atoms with Gasteiger partial charge in [0.05, 0.1) is 40.7 Å². The third-order valence-corrected chi connectivity index (χ3v) is 6.58. The molecule has 2 amide bonds. The minimum Gasteiger partial charge on any atom is -0.456 e. The number of carbonyl (C=O) groups excluding carboxylic acids is 1. The number of halogens is 1. The molecule has 0 aliphatic carbocycles. The van der Waals surface area contributed by atoms with E-state index < -0.39 is 22.0 Å². The van der Waals surface area contributed by atoms with Crippen LogP contribution in [0.2, 0.25) is 0 Å². The summed E-state index contributed by atoms with van der Waals surface area (Å²) in [5, 5.41) is 10.9. The molecule has 11 nitrogen and oxygen atoms in total. The van der Waals surface area contributed by atoms with Gasteiger partial charge in [-0.25, -0.2) is 13.9 Å². The van der Waals surface area contributed by atoms with E-state index in [1.54, 1.807) is 23.0 Å². The van der Waals surface area contributed by atoms with Crippen LogP contribution in [-0.2, 0) is 20.9 Å². The lowest BCUT2D eigenvalue weighted by molar-refractivity contribution is 0.262. The molecule has 0 saturated carbocycles. The van der Waals surface area contributed by atoms with E-state index in [2.05, 4.69) is 25.7 Å². The third kappa shape index (κ3) is 7.06. The fourth-order valence-electron chi connectivity index (χ4n) is 3.96. The molecule has 0 radical (unpaired) electrons. The Bertz CT molecular complexity index is 1860. The number of nitrogens with one attached hydrogen (secondary N) is 2. The van der Waals surface area contributed by atoms with Gasteiger partial charge in [0.15, 0.2) is 0 Å². The van der Waals surface area contributed by atoms with Crippen LogP contribution in [0, 0.1) is 5.82 Å². The van der Waals surface area contributed by atoms with E-state index in [9.17, 15) is 17.6 Å². The number of nitrogens with zero attached hydrogens (tertiary/aromatic N) is 4. The second-order valence-corrected chi connectivity index (χ2v) is 11.3. The van der Waals surface area contributed by atoms with Crippen LogP contribution < -0.4 is 15.4 Å². The molecular formula is C29H27FN6O5S. The molecule has 0 fully saturated rings. The summed E-state index contributed by atoms with van der Waals surface area (Å²) >= 11 is 0. The summed E-state index contributed by atoms with van der Waals surface area (Å²) in [7, 11) is -3.60. The van der Waals surface area contributed by atoms with Crippen LogP contribution in [0.3, 0.4) is 0 Å². The predicted octanol–water partition coefficient (Wildman–Crippen LogP) is 5.99. The first-order chi connectivity index (χ1) is 20.0. The quantitative estimate of drug-likeness (QED) is 0.200. The molecule has 0 aliphatic heterocycles. The van der Waals surface area contributed by atoms with Gasteiger partial charge in [-0.05, 0) is 54.4 Å². The number of fused-ring (bicyclic) bond motifs is 1. The lowest BCUT2D eigenvalue weighted by atomic mass is 10.1. The van der Waals surface area contributed by atoms with Gasteiger partial charge in [-0.3, -0.25) is 19.5 Å². The zero-order valence-corrected chi connectivity index (χ0v) is 23.7. The SMILES string of the molecule is CC(C)c1cc(NC(=O)Nc2cc(Oc3ccc(COS(C)(=O)=O)nc3)ccc2F)n(-c2ccc3ncccc3c2)n1. The summed E-state index contributed by atoms with van der Waals surface area (Å²) in [5.41, 5.74) is 2.59. The molecule has 5 rings (SSSR count). The van der Waals surface area contributed by atoms with E-state index in [4.69, 9.17) is 8.92 Å². The maximum absolute atomic E-state index is 14.6. The van der Waals surface area contributed by atoms with Gasteiger partial charge in [-0.1, -0.05) is 19.9 Å². The van der Waals surface area contributed by atoms with Crippen molar-refractivity contribution in [3.8, 4) is 17.2 Å². The van der Waals surface area contributed by atoms with E-state index in [1.165, 1.54) is 24.4 Å². The maximum atomic E-state index is 14.6. The van der Waals surface area contributed by atoms with Crippen molar-refractivity contribution in [2.24, 2.45) is 0 Å². The maximum Gasteiger partial charge on any atom is 0.324 e. The average molecular weight is 591 g/mol. The van der Waals surface area contributed by atoms with Gasteiger partial charge in [0, 0.05) is 23.7 Å². The molecule has 0 aliphatic rings. The first-order valence-corrected chi connectivity index (χ1v) is 14.7. The number of carbonyl (C=O) groups is 1. The minimum absolute atomic E-state index is 0.0963. The number of anilines is 2. The first kappa shape index (κ1) is 28.6. The zero-order chi connectivity index (χ0) is 29.9. The number of aromatic nitrogens is 4. The van der Waals surface area contributed by atoms with Gasteiger partial charge < -0.3 is 10.1 Å². The van der Waals surface area contributed by atoms with Crippen LogP contribution >= 0.6 is 0 Å². The van der Waals surface area contributed by atoms with Crippen molar-refractivity contribution < 1.29 is 26.5 Å². The normalized spacial score (nSPS) is 11.5. The van der Waals surface area contributed by atoms with Gasteiger partial charge >= 0.3 is 6.03 Å². The zero-order valence-electron chi connectivity index (χ0n) is 22.9. The summed E-state index contributed by atoms with van der Waals surface area (Å²) in [5.74, 6) is 0.390. The van der Waals surface area contributed by atoms with Crippen molar-refractivity contribution >= 4 is 38.6 Å². The van der Waals surface area contributed by atoms with Crippen molar-refractivity contribution in [2.75, 3.05) is 16.9 Å². The Hall–Kier alpha value is -4.88. The van der Waals surface area contributed by atoms with E-state index in [1.807, 2.05) is 44.2 Å². The van der Waals surface area contributed by atoms with E-state index >= 15 is 0 Å². The Morgan fingerprint density at radius 1 is 1.00 bits per heavy atom. The fourth-order valence-corrected chi connectivity index (χ4v) is 4.29. The van der Waals surface area contributed by atoms with Crippen molar-refractivity contribution in [1.82, 2.24) is 19.7 Å². The van der Waals surface area contributed by atoms with Gasteiger partial charge in [0.25, 0.3) is 10.1 Å². The summed E-state index contributed by atoms with van der Waals surface area (Å²) in [4.78, 5) is 21.4. The van der Waals surface area contributed by atoms with Crippen LogP contribution in [0.5, 0.6) is 11.5 Å². The van der Waals surface area contributed by atoms with E-state index in [-0.39, 0.29) is 24.0 Å². The van der Waals surface area contributed by atoms with E-state index in [0.717, 1.165) is 34.6 Å². The number of rotatable bonds is 9. The predicted molar refractivity (Wildman–Crippen MR) is 156 cm³/mol. The van der Waals surface area contributed by atoms with Gasteiger partial charge in [0.1, 0.15) is 29.7 Å². The molecule has 5 aromatic rings. The highest BCUT2D eigenvalue weighted by atomic mass is 32.2. The van der Waals surface area contributed by atoms with E-state index in [0.29, 0.717) is 17.3 Å². The molecule has 0 spiro atoms. The number of urea groups is 1. The van der Waals surface area contributed by atoms with Crippen LogP contribution in [0.4, 0.5) is 20.7 Å². The lowest BCUT2D eigenvalue weighted by Gasteiger charge is -2.12.